The van der Waals surface area contributed by atoms with Crippen LogP contribution >= 0.6 is 11.8 Å². The Kier molecular flexibility index (Phi) is 8.81. The lowest BCUT2D eigenvalue weighted by Gasteiger charge is -2.27. The Morgan fingerprint density at radius 1 is 1.27 bits per heavy atom. The number of carbonyl (C=O) groups excluding carboxylic acids is 1. The number of unbranched alkanes of at least 4 members (excludes halogenated alkanes) is 1. The minimum atomic E-state index is 0.0162. The molecular formula is C20H32N4OS. The molecule has 0 bridgehead atoms. The smallest absolute Gasteiger partial charge is 0.243 e. The van der Waals surface area contributed by atoms with E-state index < -0.39 is 0 Å². The third kappa shape index (κ3) is 6.90. The molecule has 6 heteroatoms. The molecule has 2 N–H and O–H groups in total. The summed E-state index contributed by atoms with van der Waals surface area (Å²) in [4.78, 5) is 18.0. The van der Waals surface area contributed by atoms with Gasteiger partial charge >= 0.3 is 0 Å². The highest BCUT2D eigenvalue weighted by molar-refractivity contribution is 7.98. The summed E-state index contributed by atoms with van der Waals surface area (Å²) in [6, 6.07) is 9.02. The van der Waals surface area contributed by atoms with Gasteiger partial charge in [0, 0.05) is 26.7 Å². The van der Waals surface area contributed by atoms with Gasteiger partial charge in [0.2, 0.25) is 5.91 Å². The van der Waals surface area contributed by atoms with Crippen molar-refractivity contribution in [3.63, 3.8) is 0 Å². The van der Waals surface area contributed by atoms with Gasteiger partial charge in [-0.15, -0.1) is 0 Å². The Balaban J connectivity index is 1.92. The Hall–Kier alpha value is -1.69. The van der Waals surface area contributed by atoms with Crippen molar-refractivity contribution in [3.8, 4) is 0 Å². The maximum absolute atomic E-state index is 11.9. The zero-order valence-corrected chi connectivity index (χ0v) is 17.1. The van der Waals surface area contributed by atoms with E-state index >= 15 is 0 Å². The number of hydrogen-bond acceptors (Lipinski definition) is 3. The maximum Gasteiger partial charge on any atom is 0.243 e. The number of benzene rings is 1. The van der Waals surface area contributed by atoms with Crippen LogP contribution in [-0.4, -0.2) is 62.0 Å². The second-order valence-electron chi connectivity index (χ2n) is 6.93. The van der Waals surface area contributed by atoms with E-state index in [1.165, 1.54) is 23.3 Å². The van der Waals surface area contributed by atoms with Gasteiger partial charge in [-0.2, -0.15) is 11.8 Å². The summed E-state index contributed by atoms with van der Waals surface area (Å²) in [5, 5.41) is 6.95. The van der Waals surface area contributed by atoms with Crippen LogP contribution < -0.4 is 10.6 Å². The van der Waals surface area contributed by atoms with Crippen molar-refractivity contribution in [2.75, 3.05) is 39.2 Å². The van der Waals surface area contributed by atoms with Crippen molar-refractivity contribution in [2.45, 2.75) is 38.1 Å². The van der Waals surface area contributed by atoms with Crippen LogP contribution in [0.2, 0.25) is 0 Å². The summed E-state index contributed by atoms with van der Waals surface area (Å²) in [6.45, 7) is 1.06. The fourth-order valence-corrected chi connectivity index (χ4v) is 3.53. The van der Waals surface area contributed by atoms with E-state index in [4.69, 9.17) is 0 Å². The molecule has 0 heterocycles. The van der Waals surface area contributed by atoms with Crippen LogP contribution in [0, 0.1) is 0 Å². The molecule has 1 aliphatic carbocycles. The predicted molar refractivity (Wildman–Crippen MR) is 112 cm³/mol. The van der Waals surface area contributed by atoms with Gasteiger partial charge in [0.05, 0.1) is 0 Å². The van der Waals surface area contributed by atoms with Gasteiger partial charge < -0.3 is 15.5 Å². The molecule has 1 aromatic rings. The SMILES string of the molecule is CSCCCCNC(=NCC(=O)N(C)C)NC1CCc2ccccc2C1. The van der Waals surface area contributed by atoms with Gasteiger partial charge in [0.15, 0.2) is 5.96 Å². The van der Waals surface area contributed by atoms with Crippen molar-refractivity contribution in [1.82, 2.24) is 15.5 Å². The molecular weight excluding hydrogens is 344 g/mol. The van der Waals surface area contributed by atoms with E-state index in [9.17, 15) is 4.79 Å². The highest BCUT2D eigenvalue weighted by Crippen LogP contribution is 2.20. The predicted octanol–water partition coefficient (Wildman–Crippen LogP) is 2.31. The average molecular weight is 377 g/mol. The lowest BCUT2D eigenvalue weighted by atomic mass is 9.88. The Bertz CT molecular complexity index is 603. The lowest BCUT2D eigenvalue weighted by molar-refractivity contribution is -0.127. The van der Waals surface area contributed by atoms with Gasteiger partial charge in [-0.25, -0.2) is 4.99 Å². The summed E-state index contributed by atoms with van der Waals surface area (Å²) in [5.41, 5.74) is 2.87. The molecule has 26 heavy (non-hydrogen) atoms. The second-order valence-corrected chi connectivity index (χ2v) is 7.92. The molecule has 1 atom stereocenters. The highest BCUT2D eigenvalue weighted by Gasteiger charge is 2.19. The summed E-state index contributed by atoms with van der Waals surface area (Å²) in [5.74, 6) is 1.95. The molecule has 1 unspecified atom stereocenters. The lowest BCUT2D eigenvalue weighted by Crippen LogP contribution is -2.46. The van der Waals surface area contributed by atoms with Crippen molar-refractivity contribution in [3.05, 3.63) is 35.4 Å². The van der Waals surface area contributed by atoms with Crippen LogP contribution in [0.5, 0.6) is 0 Å². The van der Waals surface area contributed by atoms with Gasteiger partial charge in [-0.1, -0.05) is 24.3 Å². The molecule has 0 saturated heterocycles. The Morgan fingerprint density at radius 3 is 2.77 bits per heavy atom. The van der Waals surface area contributed by atoms with Gasteiger partial charge in [0.25, 0.3) is 0 Å². The van der Waals surface area contributed by atoms with Crippen LogP contribution in [0.4, 0.5) is 0 Å². The zero-order chi connectivity index (χ0) is 18.8. The van der Waals surface area contributed by atoms with Crippen molar-refractivity contribution >= 4 is 23.6 Å². The third-order valence-electron chi connectivity index (χ3n) is 4.63. The standard InChI is InChI=1S/C20H32N4OS/c1-24(2)19(25)15-22-20(21-12-6-7-13-26-3)23-18-11-10-16-8-4-5-9-17(16)14-18/h4-5,8-9,18H,6-7,10-15H2,1-3H3,(H2,21,22,23). The fraction of sp³-hybridized carbons (Fsp3) is 0.600. The number of carbonyl (C=O) groups is 1. The summed E-state index contributed by atoms with van der Waals surface area (Å²) < 4.78 is 0. The molecule has 1 aromatic carbocycles. The Labute approximate surface area is 162 Å². The van der Waals surface area contributed by atoms with Gasteiger partial charge in [-0.3, -0.25) is 4.79 Å². The largest absolute Gasteiger partial charge is 0.356 e. The van der Waals surface area contributed by atoms with E-state index in [1.54, 1.807) is 19.0 Å². The number of amides is 1. The number of likely N-dealkylation sites (N-methyl/N-ethyl adjacent to an activating group) is 1. The minimum Gasteiger partial charge on any atom is -0.356 e. The summed E-state index contributed by atoms with van der Waals surface area (Å²) in [7, 11) is 3.53. The average Bonchev–Trinajstić information content (AvgIpc) is 2.65. The molecule has 2 rings (SSSR count). The first-order chi connectivity index (χ1) is 12.6. The summed E-state index contributed by atoms with van der Waals surface area (Å²) in [6.07, 6.45) is 7.61. The molecule has 5 nitrogen and oxygen atoms in total. The first kappa shape index (κ1) is 20.6. The second kappa shape index (κ2) is 11.1. The van der Waals surface area contributed by atoms with Crippen molar-refractivity contribution < 1.29 is 4.79 Å². The number of nitrogens with one attached hydrogen (secondary N) is 2. The first-order valence-corrected chi connectivity index (χ1v) is 10.8. The van der Waals surface area contributed by atoms with Gasteiger partial charge in [0.1, 0.15) is 6.54 Å². The van der Waals surface area contributed by atoms with Crippen molar-refractivity contribution in [2.24, 2.45) is 4.99 Å². The van der Waals surface area contributed by atoms with Crippen molar-refractivity contribution in [1.29, 1.82) is 0 Å². The van der Waals surface area contributed by atoms with Crippen LogP contribution in [0.15, 0.2) is 29.3 Å². The first-order valence-electron chi connectivity index (χ1n) is 9.41. The normalized spacial score (nSPS) is 16.7. The van der Waals surface area contributed by atoms with E-state index in [0.29, 0.717) is 6.04 Å². The third-order valence-corrected chi connectivity index (χ3v) is 5.32. The molecule has 0 aromatic heterocycles. The molecule has 0 saturated carbocycles. The van der Waals surface area contributed by atoms with E-state index in [0.717, 1.165) is 38.2 Å². The minimum absolute atomic E-state index is 0.0162. The number of aliphatic imine (C=N–C) groups is 1. The van der Waals surface area contributed by atoms with Gasteiger partial charge in [-0.05, 0) is 55.2 Å². The summed E-state index contributed by atoms with van der Waals surface area (Å²) >= 11 is 1.88. The Morgan fingerprint density at radius 2 is 2.04 bits per heavy atom. The monoisotopic (exact) mass is 376 g/mol. The number of rotatable bonds is 8. The topological polar surface area (TPSA) is 56.7 Å². The highest BCUT2D eigenvalue weighted by atomic mass is 32.2. The fourth-order valence-electron chi connectivity index (χ4n) is 3.03. The molecule has 0 fully saturated rings. The molecule has 0 radical (unpaired) electrons. The number of hydrogen-bond donors (Lipinski definition) is 2. The maximum atomic E-state index is 11.9. The quantitative estimate of drug-likeness (QED) is 0.415. The molecule has 1 amide bonds. The number of thioether (sulfide) groups is 1. The zero-order valence-electron chi connectivity index (χ0n) is 16.3. The van der Waals surface area contributed by atoms with Crippen LogP contribution in [-0.2, 0) is 17.6 Å². The number of guanidine groups is 1. The van der Waals surface area contributed by atoms with Crippen LogP contribution in [0.25, 0.3) is 0 Å². The molecule has 0 spiro atoms. The van der Waals surface area contributed by atoms with Crippen LogP contribution in [0.1, 0.15) is 30.4 Å². The molecule has 1 aliphatic rings. The molecule has 144 valence electrons. The van der Waals surface area contributed by atoms with Crippen LogP contribution in [0.3, 0.4) is 0 Å². The number of aryl methyl sites for hydroxylation is 1. The molecule has 0 aliphatic heterocycles. The van der Waals surface area contributed by atoms with E-state index in [2.05, 4.69) is 46.1 Å². The number of fused-ring (bicyclic) bond motifs is 1. The van der Waals surface area contributed by atoms with E-state index in [1.807, 2.05) is 11.8 Å². The number of nitrogens with zero attached hydrogens (tertiary/aromatic N) is 2. The van der Waals surface area contributed by atoms with E-state index in [-0.39, 0.29) is 12.5 Å².